The van der Waals surface area contributed by atoms with Crippen molar-refractivity contribution in [2.75, 3.05) is 32.7 Å². The highest BCUT2D eigenvalue weighted by molar-refractivity contribution is 6.35. The second-order valence-corrected chi connectivity index (χ2v) is 4.96. The molecule has 3 amide bonds. The number of rotatable bonds is 8. The van der Waals surface area contributed by atoms with E-state index in [4.69, 9.17) is 9.47 Å². The van der Waals surface area contributed by atoms with Gasteiger partial charge in [0.2, 0.25) is 5.91 Å². The van der Waals surface area contributed by atoms with E-state index in [1.165, 1.54) is 14.2 Å². The van der Waals surface area contributed by atoms with Gasteiger partial charge in [0, 0.05) is 19.4 Å². The van der Waals surface area contributed by atoms with E-state index in [1.54, 1.807) is 31.2 Å². The number of benzene rings is 1. The normalized spacial score (nSPS) is 10.8. The molecule has 0 aliphatic rings. The van der Waals surface area contributed by atoms with Crippen LogP contribution >= 0.6 is 0 Å². The molecule has 9 heteroatoms. The Bertz CT molecular complexity index is 645. The van der Waals surface area contributed by atoms with Crippen LogP contribution in [-0.4, -0.2) is 50.8 Å². The van der Waals surface area contributed by atoms with Gasteiger partial charge < -0.3 is 20.1 Å². The highest BCUT2D eigenvalue weighted by atomic mass is 16.5. The smallest absolute Gasteiger partial charge is 0.329 e. The molecule has 1 rings (SSSR count). The molecular formula is C16H22N4O5. The Labute approximate surface area is 145 Å². The van der Waals surface area contributed by atoms with Gasteiger partial charge in [-0.25, -0.2) is 5.43 Å². The lowest BCUT2D eigenvalue weighted by molar-refractivity contribution is -0.139. The third-order valence-electron chi connectivity index (χ3n) is 2.94. The number of nitrogens with zero attached hydrogens (tertiary/aromatic N) is 1. The van der Waals surface area contributed by atoms with E-state index < -0.39 is 11.8 Å². The number of amides is 3. The summed E-state index contributed by atoms with van der Waals surface area (Å²) in [7, 11) is 2.99. The largest absolute Gasteiger partial charge is 0.495 e. The Morgan fingerprint density at radius 3 is 2.52 bits per heavy atom. The second kappa shape index (κ2) is 10.8. The fourth-order valence-electron chi connectivity index (χ4n) is 1.76. The zero-order valence-electron chi connectivity index (χ0n) is 14.4. The van der Waals surface area contributed by atoms with E-state index in [2.05, 4.69) is 21.2 Å². The van der Waals surface area contributed by atoms with Crippen LogP contribution in [0, 0.1) is 0 Å². The topological polar surface area (TPSA) is 118 Å². The summed E-state index contributed by atoms with van der Waals surface area (Å²) in [5.41, 5.74) is 2.96. The molecule has 136 valence electrons. The third-order valence-corrected chi connectivity index (χ3v) is 2.94. The molecule has 1 aromatic rings. The molecule has 0 aromatic heterocycles. The molecule has 3 N–H and O–H groups in total. The van der Waals surface area contributed by atoms with Gasteiger partial charge >= 0.3 is 11.8 Å². The predicted octanol–water partition coefficient (Wildman–Crippen LogP) is 0.279. The molecule has 0 aliphatic heterocycles. The van der Waals surface area contributed by atoms with Gasteiger partial charge in [0.1, 0.15) is 5.75 Å². The van der Waals surface area contributed by atoms with E-state index in [9.17, 15) is 14.4 Å². The van der Waals surface area contributed by atoms with Crippen LogP contribution in [0.5, 0.6) is 5.75 Å². The molecule has 0 saturated heterocycles. The highest BCUT2D eigenvalue weighted by Crippen LogP contribution is 2.22. The fraction of sp³-hybridized carbons (Fsp3) is 0.375. The van der Waals surface area contributed by atoms with Gasteiger partial charge in [-0.05, 0) is 19.1 Å². The molecule has 25 heavy (non-hydrogen) atoms. The molecule has 0 saturated carbocycles. The molecule has 0 spiro atoms. The van der Waals surface area contributed by atoms with E-state index in [-0.39, 0.29) is 18.9 Å². The van der Waals surface area contributed by atoms with Gasteiger partial charge in [-0.3, -0.25) is 14.4 Å². The molecule has 0 radical (unpaired) electrons. The molecule has 0 heterocycles. The van der Waals surface area contributed by atoms with Gasteiger partial charge in [0.15, 0.2) is 0 Å². The number of hydrogen-bond donors (Lipinski definition) is 3. The fourth-order valence-corrected chi connectivity index (χ4v) is 1.76. The number of ether oxygens (including phenoxy) is 2. The first kappa shape index (κ1) is 20.1. The minimum absolute atomic E-state index is 0.0520. The lowest BCUT2D eigenvalue weighted by atomic mass is 10.2. The number of hydrogen-bond acceptors (Lipinski definition) is 6. The van der Waals surface area contributed by atoms with Crippen LogP contribution in [0.15, 0.2) is 29.4 Å². The van der Waals surface area contributed by atoms with Crippen molar-refractivity contribution in [3.8, 4) is 5.75 Å². The lowest BCUT2D eigenvalue weighted by Crippen LogP contribution is -2.39. The highest BCUT2D eigenvalue weighted by Gasteiger charge is 2.13. The Morgan fingerprint density at radius 2 is 1.84 bits per heavy atom. The lowest BCUT2D eigenvalue weighted by Gasteiger charge is -2.09. The maximum atomic E-state index is 12.0. The van der Waals surface area contributed by atoms with Crippen LogP contribution in [0.1, 0.15) is 13.3 Å². The van der Waals surface area contributed by atoms with Crippen LogP contribution in [0.25, 0.3) is 0 Å². The second-order valence-electron chi connectivity index (χ2n) is 4.96. The van der Waals surface area contributed by atoms with Gasteiger partial charge in [-0.1, -0.05) is 12.1 Å². The summed E-state index contributed by atoms with van der Waals surface area (Å²) in [6, 6.07) is 6.98. The summed E-state index contributed by atoms with van der Waals surface area (Å²) in [5.74, 6) is -1.54. The van der Waals surface area contributed by atoms with Crippen molar-refractivity contribution in [3.63, 3.8) is 0 Å². The van der Waals surface area contributed by atoms with Crippen molar-refractivity contribution in [1.82, 2.24) is 10.7 Å². The molecule has 0 bridgehead atoms. The van der Waals surface area contributed by atoms with E-state index in [1.807, 2.05) is 0 Å². The molecule has 0 aliphatic carbocycles. The third kappa shape index (κ3) is 7.44. The van der Waals surface area contributed by atoms with Crippen molar-refractivity contribution in [2.45, 2.75) is 13.3 Å². The summed E-state index contributed by atoms with van der Waals surface area (Å²) in [5, 5.41) is 8.77. The molecule has 9 nitrogen and oxygen atoms in total. The van der Waals surface area contributed by atoms with Gasteiger partial charge in [0.05, 0.1) is 25.8 Å². The van der Waals surface area contributed by atoms with Crippen LogP contribution < -0.4 is 20.8 Å². The number of carbonyl (C=O) groups is 3. The van der Waals surface area contributed by atoms with Crippen LogP contribution in [-0.2, 0) is 19.1 Å². The molecular weight excluding hydrogens is 328 g/mol. The Kier molecular flexibility index (Phi) is 8.66. The molecule has 0 atom stereocenters. The molecule has 0 fully saturated rings. The van der Waals surface area contributed by atoms with Crippen molar-refractivity contribution in [1.29, 1.82) is 0 Å². The molecule has 1 aromatic carbocycles. The summed E-state index contributed by atoms with van der Waals surface area (Å²) in [6.45, 7) is 2.07. The van der Waals surface area contributed by atoms with Gasteiger partial charge in [-0.15, -0.1) is 0 Å². The van der Waals surface area contributed by atoms with E-state index in [0.717, 1.165) is 0 Å². The Hall–Kier alpha value is -2.94. The first-order valence-electron chi connectivity index (χ1n) is 7.51. The average Bonchev–Trinajstić information content (AvgIpc) is 2.60. The number of carbonyl (C=O) groups excluding carboxylic acids is 3. The summed E-state index contributed by atoms with van der Waals surface area (Å²) >= 11 is 0. The average molecular weight is 350 g/mol. The van der Waals surface area contributed by atoms with Crippen molar-refractivity contribution in [2.24, 2.45) is 5.10 Å². The number of methoxy groups -OCH3 is 2. The van der Waals surface area contributed by atoms with Gasteiger partial charge in [-0.2, -0.15) is 5.10 Å². The summed E-state index contributed by atoms with van der Waals surface area (Å²) in [4.78, 5) is 34.9. The first-order valence-corrected chi connectivity index (χ1v) is 7.51. The van der Waals surface area contributed by atoms with Crippen molar-refractivity contribution >= 4 is 29.1 Å². The number of para-hydroxylation sites is 2. The van der Waals surface area contributed by atoms with Crippen molar-refractivity contribution in [3.05, 3.63) is 24.3 Å². The summed E-state index contributed by atoms with van der Waals surface area (Å²) < 4.78 is 9.89. The first-order chi connectivity index (χ1) is 12.0. The summed E-state index contributed by atoms with van der Waals surface area (Å²) in [6.07, 6.45) is -0.0520. The van der Waals surface area contributed by atoms with E-state index in [0.29, 0.717) is 23.8 Å². The minimum Gasteiger partial charge on any atom is -0.495 e. The Balaban J connectivity index is 2.47. The monoisotopic (exact) mass is 350 g/mol. The van der Waals surface area contributed by atoms with Crippen molar-refractivity contribution < 1.29 is 23.9 Å². The zero-order chi connectivity index (χ0) is 18.7. The zero-order valence-corrected chi connectivity index (χ0v) is 14.4. The predicted molar refractivity (Wildman–Crippen MR) is 92.4 cm³/mol. The van der Waals surface area contributed by atoms with Gasteiger partial charge in [0.25, 0.3) is 0 Å². The maximum Gasteiger partial charge on any atom is 0.329 e. The number of hydrazone groups is 1. The number of anilines is 1. The van der Waals surface area contributed by atoms with Crippen LogP contribution in [0.2, 0.25) is 0 Å². The number of nitrogens with one attached hydrogen (secondary N) is 3. The van der Waals surface area contributed by atoms with Crippen LogP contribution in [0.3, 0.4) is 0 Å². The Morgan fingerprint density at radius 1 is 1.12 bits per heavy atom. The van der Waals surface area contributed by atoms with Crippen LogP contribution in [0.4, 0.5) is 5.69 Å². The molecule has 0 unspecified atom stereocenters. The SMILES string of the molecule is COCCNC(=O)C(=O)NN=C(C)CC(=O)Nc1ccccc1OC. The van der Waals surface area contributed by atoms with E-state index >= 15 is 0 Å². The maximum absolute atomic E-state index is 12.0. The standard InChI is InChI=1S/C16H22N4O5/c1-11(19-20-16(23)15(22)17-8-9-24-2)10-14(21)18-12-6-4-5-7-13(12)25-3/h4-7H,8-10H2,1-3H3,(H,17,22)(H,18,21)(H,20,23). The quantitative estimate of drug-likeness (QED) is 0.269. The minimum atomic E-state index is -0.916.